The van der Waals surface area contributed by atoms with Crippen molar-refractivity contribution in [1.82, 2.24) is 15.1 Å². The zero-order valence-corrected chi connectivity index (χ0v) is 9.63. The highest BCUT2D eigenvalue weighted by Crippen LogP contribution is 2.30. The average molecular weight is 234 g/mol. The van der Waals surface area contributed by atoms with Gasteiger partial charge in [-0.05, 0) is 19.8 Å². The van der Waals surface area contributed by atoms with Crippen LogP contribution in [0.15, 0.2) is 10.9 Å². The van der Waals surface area contributed by atoms with Gasteiger partial charge in [0.15, 0.2) is 0 Å². The van der Waals surface area contributed by atoms with E-state index in [4.69, 9.17) is 4.52 Å². The standard InChI is InChI=1S/C11H14N4O2/c1-7-9-10(12-6-13-11(9)17-14-7)15-4-2-3-8(15)5-16/h6,8,16H,2-5H2,1H3. The second kappa shape index (κ2) is 3.96. The van der Waals surface area contributed by atoms with E-state index in [1.165, 1.54) is 6.33 Å². The van der Waals surface area contributed by atoms with Gasteiger partial charge in [0.1, 0.15) is 17.5 Å². The summed E-state index contributed by atoms with van der Waals surface area (Å²) in [5.41, 5.74) is 1.30. The number of aryl methyl sites for hydroxylation is 1. The van der Waals surface area contributed by atoms with Crippen molar-refractivity contribution in [2.45, 2.75) is 25.8 Å². The summed E-state index contributed by atoms with van der Waals surface area (Å²) in [4.78, 5) is 10.5. The molecule has 1 aliphatic rings. The molecule has 1 saturated heterocycles. The molecule has 1 atom stereocenters. The number of aliphatic hydroxyl groups excluding tert-OH is 1. The van der Waals surface area contributed by atoms with E-state index >= 15 is 0 Å². The molecule has 2 aromatic heterocycles. The van der Waals surface area contributed by atoms with Crippen LogP contribution in [0.1, 0.15) is 18.5 Å². The Hall–Kier alpha value is -1.69. The summed E-state index contributed by atoms with van der Waals surface area (Å²) >= 11 is 0. The molecule has 0 spiro atoms. The highest BCUT2D eigenvalue weighted by molar-refractivity contribution is 5.88. The van der Waals surface area contributed by atoms with Crippen LogP contribution in [0.5, 0.6) is 0 Å². The molecule has 6 nitrogen and oxygen atoms in total. The largest absolute Gasteiger partial charge is 0.394 e. The van der Waals surface area contributed by atoms with E-state index in [1.807, 2.05) is 6.92 Å². The third-order valence-electron chi connectivity index (χ3n) is 3.28. The van der Waals surface area contributed by atoms with Crippen LogP contribution >= 0.6 is 0 Å². The Morgan fingerprint density at radius 1 is 1.53 bits per heavy atom. The van der Waals surface area contributed by atoms with E-state index in [1.54, 1.807) is 0 Å². The van der Waals surface area contributed by atoms with E-state index in [0.717, 1.165) is 36.3 Å². The molecule has 1 unspecified atom stereocenters. The minimum absolute atomic E-state index is 0.141. The van der Waals surface area contributed by atoms with Crippen molar-refractivity contribution >= 4 is 16.9 Å². The zero-order chi connectivity index (χ0) is 11.8. The van der Waals surface area contributed by atoms with Crippen molar-refractivity contribution in [3.8, 4) is 0 Å². The maximum absolute atomic E-state index is 9.37. The van der Waals surface area contributed by atoms with E-state index in [2.05, 4.69) is 20.0 Å². The molecule has 0 aromatic carbocycles. The van der Waals surface area contributed by atoms with E-state index in [9.17, 15) is 5.11 Å². The van der Waals surface area contributed by atoms with Gasteiger partial charge in [-0.1, -0.05) is 5.16 Å². The lowest BCUT2D eigenvalue weighted by atomic mass is 10.2. The SMILES string of the molecule is Cc1noc2ncnc(N3CCCC3CO)c12. The Balaban J connectivity index is 2.13. The fourth-order valence-corrected chi connectivity index (χ4v) is 2.43. The number of fused-ring (bicyclic) bond motifs is 1. The summed E-state index contributed by atoms with van der Waals surface area (Å²) < 4.78 is 5.13. The van der Waals surface area contributed by atoms with Gasteiger partial charge in [0.05, 0.1) is 18.3 Å². The predicted octanol–water partition coefficient (Wildman–Crippen LogP) is 0.887. The molecule has 0 aliphatic carbocycles. The van der Waals surface area contributed by atoms with Crippen LogP contribution in [0.3, 0.4) is 0 Å². The fraction of sp³-hybridized carbons (Fsp3) is 0.545. The normalized spacial score (nSPS) is 20.4. The van der Waals surface area contributed by atoms with Gasteiger partial charge in [0.2, 0.25) is 0 Å². The molecule has 0 amide bonds. The van der Waals surface area contributed by atoms with Gasteiger partial charge >= 0.3 is 0 Å². The van der Waals surface area contributed by atoms with Crippen molar-refractivity contribution in [2.24, 2.45) is 0 Å². The lowest BCUT2D eigenvalue weighted by molar-refractivity contribution is 0.266. The smallest absolute Gasteiger partial charge is 0.263 e. The Morgan fingerprint density at radius 2 is 2.41 bits per heavy atom. The molecule has 1 fully saturated rings. The third-order valence-corrected chi connectivity index (χ3v) is 3.28. The highest BCUT2D eigenvalue weighted by atomic mass is 16.5. The molecule has 3 rings (SSSR count). The summed E-state index contributed by atoms with van der Waals surface area (Å²) in [5.74, 6) is 0.824. The van der Waals surface area contributed by atoms with Crippen LogP contribution in [0.4, 0.5) is 5.82 Å². The maximum atomic E-state index is 9.37. The van der Waals surface area contributed by atoms with Crippen LogP contribution in [0.25, 0.3) is 11.1 Å². The van der Waals surface area contributed by atoms with Crippen LogP contribution < -0.4 is 4.90 Å². The van der Waals surface area contributed by atoms with Gasteiger partial charge < -0.3 is 14.5 Å². The topological polar surface area (TPSA) is 75.3 Å². The van der Waals surface area contributed by atoms with E-state index in [-0.39, 0.29) is 12.6 Å². The Bertz CT molecular complexity index is 539. The van der Waals surface area contributed by atoms with Gasteiger partial charge in [0, 0.05) is 6.54 Å². The van der Waals surface area contributed by atoms with Crippen molar-refractivity contribution in [1.29, 1.82) is 0 Å². The summed E-state index contributed by atoms with van der Waals surface area (Å²) in [5, 5.41) is 14.1. The predicted molar refractivity (Wildman–Crippen MR) is 61.8 cm³/mol. The molecule has 2 aromatic rings. The monoisotopic (exact) mass is 234 g/mol. The lowest BCUT2D eigenvalue weighted by Crippen LogP contribution is -2.32. The fourth-order valence-electron chi connectivity index (χ4n) is 2.43. The molecule has 90 valence electrons. The molecular weight excluding hydrogens is 220 g/mol. The average Bonchev–Trinajstić information content (AvgIpc) is 2.96. The van der Waals surface area contributed by atoms with Crippen LogP contribution in [-0.2, 0) is 0 Å². The Labute approximate surface area is 98.3 Å². The van der Waals surface area contributed by atoms with Crippen molar-refractivity contribution in [3.63, 3.8) is 0 Å². The van der Waals surface area contributed by atoms with Crippen LogP contribution in [0.2, 0.25) is 0 Å². The highest BCUT2D eigenvalue weighted by Gasteiger charge is 2.27. The van der Waals surface area contributed by atoms with E-state index in [0.29, 0.717) is 5.71 Å². The van der Waals surface area contributed by atoms with Crippen molar-refractivity contribution in [2.75, 3.05) is 18.1 Å². The van der Waals surface area contributed by atoms with Gasteiger partial charge in [-0.15, -0.1) is 0 Å². The second-order valence-electron chi connectivity index (χ2n) is 4.32. The molecule has 0 bridgehead atoms. The number of hydrogen-bond acceptors (Lipinski definition) is 6. The number of aliphatic hydroxyl groups is 1. The summed E-state index contributed by atoms with van der Waals surface area (Å²) in [6.07, 6.45) is 3.54. The van der Waals surface area contributed by atoms with Crippen molar-refractivity contribution in [3.05, 3.63) is 12.0 Å². The Morgan fingerprint density at radius 3 is 3.24 bits per heavy atom. The molecule has 17 heavy (non-hydrogen) atoms. The molecule has 0 saturated carbocycles. The summed E-state index contributed by atoms with van der Waals surface area (Å²) in [6.45, 7) is 2.93. The summed E-state index contributed by atoms with van der Waals surface area (Å²) in [6, 6.07) is 0.141. The number of aromatic nitrogens is 3. The first-order chi connectivity index (χ1) is 8.31. The molecule has 0 radical (unpaired) electrons. The molecule has 1 aliphatic heterocycles. The number of anilines is 1. The minimum Gasteiger partial charge on any atom is -0.394 e. The minimum atomic E-state index is 0.141. The van der Waals surface area contributed by atoms with Crippen LogP contribution in [0, 0.1) is 6.92 Å². The van der Waals surface area contributed by atoms with Crippen molar-refractivity contribution < 1.29 is 9.63 Å². The maximum Gasteiger partial charge on any atom is 0.263 e. The third kappa shape index (κ3) is 1.56. The number of rotatable bonds is 2. The van der Waals surface area contributed by atoms with E-state index < -0.39 is 0 Å². The zero-order valence-electron chi connectivity index (χ0n) is 9.63. The quantitative estimate of drug-likeness (QED) is 0.831. The molecule has 6 heteroatoms. The Kier molecular flexibility index (Phi) is 2.44. The van der Waals surface area contributed by atoms with Crippen LogP contribution in [-0.4, -0.2) is 39.4 Å². The number of nitrogens with zero attached hydrogens (tertiary/aromatic N) is 4. The first kappa shape index (κ1) is 10.5. The van der Waals surface area contributed by atoms with Gasteiger partial charge in [-0.25, -0.2) is 4.98 Å². The number of hydrogen-bond donors (Lipinski definition) is 1. The first-order valence-electron chi connectivity index (χ1n) is 5.75. The lowest BCUT2D eigenvalue weighted by Gasteiger charge is -2.24. The summed E-state index contributed by atoms with van der Waals surface area (Å²) in [7, 11) is 0. The second-order valence-corrected chi connectivity index (χ2v) is 4.32. The molecule has 1 N–H and O–H groups in total. The van der Waals surface area contributed by atoms with Gasteiger partial charge in [-0.2, -0.15) is 4.98 Å². The first-order valence-corrected chi connectivity index (χ1v) is 5.75. The van der Waals surface area contributed by atoms with Gasteiger partial charge in [-0.3, -0.25) is 0 Å². The molecular formula is C11H14N4O2. The molecule has 3 heterocycles. The van der Waals surface area contributed by atoms with Gasteiger partial charge in [0.25, 0.3) is 5.71 Å².